The second-order valence-corrected chi connectivity index (χ2v) is 6.45. The summed E-state index contributed by atoms with van der Waals surface area (Å²) in [4.78, 5) is 26.6. The van der Waals surface area contributed by atoms with Crippen molar-refractivity contribution >= 4 is 23.2 Å². The number of nitrogens with one attached hydrogen (secondary N) is 1. The summed E-state index contributed by atoms with van der Waals surface area (Å²) in [5.74, 6) is -0.0148. The van der Waals surface area contributed by atoms with Crippen LogP contribution in [-0.4, -0.2) is 43.5 Å². The first-order chi connectivity index (χ1) is 9.93. The van der Waals surface area contributed by atoms with Gasteiger partial charge in [0, 0.05) is 11.9 Å². The first-order valence-corrected chi connectivity index (χ1v) is 7.89. The van der Waals surface area contributed by atoms with E-state index in [4.69, 9.17) is 4.74 Å². The van der Waals surface area contributed by atoms with Crippen LogP contribution in [0.25, 0.3) is 0 Å². The summed E-state index contributed by atoms with van der Waals surface area (Å²) in [5, 5.41) is 4.99. The molecule has 0 fully saturated rings. The summed E-state index contributed by atoms with van der Waals surface area (Å²) in [6.07, 6.45) is 0.647. The van der Waals surface area contributed by atoms with Crippen molar-refractivity contribution in [2.24, 2.45) is 5.92 Å². The van der Waals surface area contributed by atoms with Gasteiger partial charge in [-0.2, -0.15) is 0 Å². The van der Waals surface area contributed by atoms with Crippen LogP contribution in [0.3, 0.4) is 0 Å². The second-order valence-electron chi connectivity index (χ2n) is 5.42. The van der Waals surface area contributed by atoms with E-state index in [0.717, 1.165) is 4.88 Å². The van der Waals surface area contributed by atoms with Crippen molar-refractivity contribution in [1.29, 1.82) is 0 Å². The predicted octanol–water partition coefficient (Wildman–Crippen LogP) is 1.88. The number of nitrogens with zero attached hydrogens (tertiary/aromatic N) is 1. The van der Waals surface area contributed by atoms with Crippen molar-refractivity contribution in [2.75, 3.05) is 20.7 Å². The summed E-state index contributed by atoms with van der Waals surface area (Å²) >= 11 is 1.62. The molecule has 0 aliphatic heterocycles. The van der Waals surface area contributed by atoms with Gasteiger partial charge in [-0.25, -0.2) is 0 Å². The maximum atomic E-state index is 12.1. The molecule has 0 radical (unpaired) electrons. The third kappa shape index (κ3) is 6.27. The van der Waals surface area contributed by atoms with Gasteiger partial charge in [-0.3, -0.25) is 14.9 Å². The molecule has 0 aliphatic carbocycles. The van der Waals surface area contributed by atoms with E-state index in [0.29, 0.717) is 18.9 Å². The number of rotatable bonds is 8. The van der Waals surface area contributed by atoms with Crippen LogP contribution < -0.4 is 5.32 Å². The lowest BCUT2D eigenvalue weighted by Crippen LogP contribution is -2.44. The van der Waals surface area contributed by atoms with E-state index in [1.807, 2.05) is 31.4 Å². The Labute approximate surface area is 130 Å². The molecule has 1 atom stereocenters. The third-order valence-corrected chi connectivity index (χ3v) is 3.95. The Morgan fingerprint density at radius 1 is 1.43 bits per heavy atom. The molecule has 0 saturated carbocycles. The fourth-order valence-electron chi connectivity index (χ4n) is 1.95. The molecule has 118 valence electrons. The number of likely N-dealkylation sites (N-methyl/N-ethyl adjacent to an activating group) is 1. The standard InChI is InChI=1S/C15H24N2O3S/c1-11(2)8-13(15(19)20-4)16-9-14(18)17(3)10-12-6-5-7-21-12/h5-7,11,13,16H,8-10H2,1-4H3. The molecule has 1 heterocycles. The van der Waals surface area contributed by atoms with Crippen LogP contribution >= 0.6 is 11.3 Å². The molecule has 1 rings (SSSR count). The molecular formula is C15H24N2O3S. The smallest absolute Gasteiger partial charge is 0.322 e. The Bertz CT molecular complexity index is 446. The van der Waals surface area contributed by atoms with Gasteiger partial charge in [-0.15, -0.1) is 11.3 Å². The molecule has 5 nitrogen and oxygen atoms in total. The van der Waals surface area contributed by atoms with Crippen LogP contribution in [0.5, 0.6) is 0 Å². The average molecular weight is 312 g/mol. The minimum atomic E-state index is -0.436. The maximum Gasteiger partial charge on any atom is 0.322 e. The van der Waals surface area contributed by atoms with Crippen LogP contribution in [0.4, 0.5) is 0 Å². The van der Waals surface area contributed by atoms with Crippen molar-refractivity contribution in [3.63, 3.8) is 0 Å². The normalized spacial score (nSPS) is 12.2. The molecule has 1 unspecified atom stereocenters. The number of methoxy groups -OCH3 is 1. The molecular weight excluding hydrogens is 288 g/mol. The SMILES string of the molecule is COC(=O)C(CC(C)C)NCC(=O)N(C)Cc1cccs1. The number of ether oxygens (including phenoxy) is 1. The lowest BCUT2D eigenvalue weighted by molar-refractivity contribution is -0.143. The van der Waals surface area contributed by atoms with Crippen molar-refractivity contribution in [2.45, 2.75) is 32.9 Å². The number of amides is 1. The summed E-state index contributed by atoms with van der Waals surface area (Å²) in [7, 11) is 3.13. The number of esters is 1. The Balaban J connectivity index is 2.46. The molecule has 0 spiro atoms. The molecule has 1 aromatic rings. The van der Waals surface area contributed by atoms with E-state index < -0.39 is 6.04 Å². The monoisotopic (exact) mass is 312 g/mol. The first-order valence-electron chi connectivity index (χ1n) is 7.01. The van der Waals surface area contributed by atoms with E-state index in [2.05, 4.69) is 5.32 Å². The fraction of sp³-hybridized carbons (Fsp3) is 0.600. The number of carbonyl (C=O) groups excluding carboxylic acids is 2. The van der Waals surface area contributed by atoms with Crippen molar-refractivity contribution < 1.29 is 14.3 Å². The summed E-state index contributed by atoms with van der Waals surface area (Å²) < 4.78 is 4.77. The van der Waals surface area contributed by atoms with Crippen molar-refractivity contribution in [3.8, 4) is 0 Å². The van der Waals surface area contributed by atoms with Crippen molar-refractivity contribution in [3.05, 3.63) is 22.4 Å². The van der Waals surface area contributed by atoms with E-state index in [1.165, 1.54) is 7.11 Å². The molecule has 1 aromatic heterocycles. The minimum Gasteiger partial charge on any atom is -0.468 e. The summed E-state index contributed by atoms with van der Waals surface area (Å²) in [6.45, 7) is 4.78. The zero-order valence-electron chi connectivity index (χ0n) is 13.1. The number of carbonyl (C=O) groups is 2. The third-order valence-electron chi connectivity index (χ3n) is 3.09. The van der Waals surface area contributed by atoms with Gasteiger partial charge in [-0.05, 0) is 23.8 Å². The van der Waals surface area contributed by atoms with Crippen LogP contribution in [0.1, 0.15) is 25.1 Å². The van der Waals surface area contributed by atoms with Crippen LogP contribution in [-0.2, 0) is 20.9 Å². The van der Waals surface area contributed by atoms with E-state index in [1.54, 1.807) is 23.3 Å². The molecule has 1 N–H and O–H groups in total. The van der Waals surface area contributed by atoms with Gasteiger partial charge < -0.3 is 9.64 Å². The molecule has 0 saturated heterocycles. The minimum absolute atomic E-state index is 0.0407. The lowest BCUT2D eigenvalue weighted by atomic mass is 10.0. The van der Waals surface area contributed by atoms with E-state index >= 15 is 0 Å². The zero-order chi connectivity index (χ0) is 15.8. The van der Waals surface area contributed by atoms with E-state index in [-0.39, 0.29) is 18.4 Å². The Kier molecular flexibility index (Phi) is 7.39. The summed E-state index contributed by atoms with van der Waals surface area (Å²) in [6, 6.07) is 3.53. The Morgan fingerprint density at radius 2 is 2.14 bits per heavy atom. The van der Waals surface area contributed by atoms with Gasteiger partial charge in [0.15, 0.2) is 0 Å². The van der Waals surface area contributed by atoms with Gasteiger partial charge >= 0.3 is 5.97 Å². The maximum absolute atomic E-state index is 12.1. The van der Waals surface area contributed by atoms with Gasteiger partial charge in [-0.1, -0.05) is 19.9 Å². The average Bonchev–Trinajstić information content (AvgIpc) is 2.94. The van der Waals surface area contributed by atoms with Crippen LogP contribution in [0, 0.1) is 5.92 Å². The molecule has 0 bridgehead atoms. The first kappa shape index (κ1) is 17.7. The van der Waals surface area contributed by atoms with Gasteiger partial charge in [0.05, 0.1) is 20.2 Å². The van der Waals surface area contributed by atoms with Crippen molar-refractivity contribution in [1.82, 2.24) is 10.2 Å². The molecule has 21 heavy (non-hydrogen) atoms. The highest BCUT2D eigenvalue weighted by atomic mass is 32.1. The second kappa shape index (κ2) is 8.79. The fourth-order valence-corrected chi connectivity index (χ4v) is 2.70. The van der Waals surface area contributed by atoms with Crippen LogP contribution in [0.15, 0.2) is 17.5 Å². The quantitative estimate of drug-likeness (QED) is 0.745. The molecule has 0 aliphatic rings. The highest BCUT2D eigenvalue weighted by molar-refractivity contribution is 7.09. The highest BCUT2D eigenvalue weighted by Crippen LogP contribution is 2.11. The Morgan fingerprint density at radius 3 is 2.67 bits per heavy atom. The number of hydrogen-bond donors (Lipinski definition) is 1. The Hall–Kier alpha value is -1.40. The summed E-state index contributed by atoms with van der Waals surface area (Å²) in [5.41, 5.74) is 0. The van der Waals surface area contributed by atoms with Gasteiger partial charge in [0.2, 0.25) is 5.91 Å². The van der Waals surface area contributed by atoms with Gasteiger partial charge in [0.1, 0.15) is 6.04 Å². The van der Waals surface area contributed by atoms with Crippen LogP contribution in [0.2, 0.25) is 0 Å². The number of hydrogen-bond acceptors (Lipinski definition) is 5. The molecule has 0 aromatic carbocycles. The lowest BCUT2D eigenvalue weighted by Gasteiger charge is -2.21. The topological polar surface area (TPSA) is 58.6 Å². The highest BCUT2D eigenvalue weighted by Gasteiger charge is 2.21. The molecule has 6 heteroatoms. The zero-order valence-corrected chi connectivity index (χ0v) is 13.9. The largest absolute Gasteiger partial charge is 0.468 e. The predicted molar refractivity (Wildman–Crippen MR) is 84.1 cm³/mol. The molecule has 1 amide bonds. The van der Waals surface area contributed by atoms with E-state index in [9.17, 15) is 9.59 Å². The number of thiophene rings is 1. The van der Waals surface area contributed by atoms with Gasteiger partial charge in [0.25, 0.3) is 0 Å².